The van der Waals surface area contributed by atoms with Crippen LogP contribution in [-0.4, -0.2) is 38.7 Å². The topological polar surface area (TPSA) is 88.6 Å². The van der Waals surface area contributed by atoms with Crippen LogP contribution in [0.2, 0.25) is 0 Å². The van der Waals surface area contributed by atoms with Crippen molar-refractivity contribution >= 4 is 96.0 Å². The number of carbonyl (C=O) groups is 3. The zero-order valence-electron chi connectivity index (χ0n) is 73.2. The molecule has 0 aliphatic heterocycles. The summed E-state index contributed by atoms with van der Waals surface area (Å²) in [5, 5.41) is 2.04. The van der Waals surface area contributed by atoms with Crippen molar-refractivity contribution in [2.75, 3.05) is 36.0 Å². The van der Waals surface area contributed by atoms with Crippen LogP contribution < -0.4 is 14.7 Å². The van der Waals surface area contributed by atoms with Gasteiger partial charge in [-0.2, -0.15) is 0 Å². The third-order valence-corrected chi connectivity index (χ3v) is 23.3. The van der Waals surface area contributed by atoms with E-state index in [1.54, 1.807) is 42.1 Å². The van der Waals surface area contributed by atoms with Gasteiger partial charge in [-0.3, -0.25) is 14.4 Å². The van der Waals surface area contributed by atoms with Gasteiger partial charge in [0.2, 0.25) is 0 Å². The summed E-state index contributed by atoms with van der Waals surface area (Å²) in [7, 11) is 4.82. The second-order valence-electron chi connectivity index (χ2n) is 31.0. The highest BCUT2D eigenvalue weighted by Crippen LogP contribution is 2.48. The largest absolute Gasteiger partial charge is 0.501 e. The van der Waals surface area contributed by atoms with Gasteiger partial charge in [-0.15, -0.1) is 0 Å². The summed E-state index contributed by atoms with van der Waals surface area (Å²) in [5.41, 5.74) is 32.5. The lowest BCUT2D eigenvalue weighted by atomic mass is 9.85. The Bertz CT molecular complexity index is 6260. The lowest BCUT2D eigenvalue weighted by Crippen LogP contribution is -2.16. The minimum Gasteiger partial charge on any atom is -0.501 e. The van der Waals surface area contributed by atoms with Crippen molar-refractivity contribution in [2.45, 2.75) is 69.2 Å². The average molecular weight is 1640 g/mol. The number of hydrogen-bond acceptors (Lipinski definition) is 9. The monoisotopic (exact) mass is 1630 g/mol. The number of carbonyl (C=O) groups excluding carboxylic acids is 3. The molecule has 9 nitrogen and oxygen atoms in total. The van der Waals surface area contributed by atoms with Crippen LogP contribution in [0.25, 0.3) is 94.3 Å². The van der Waals surface area contributed by atoms with Gasteiger partial charge < -0.3 is 28.9 Å². The smallest absolute Gasteiger partial charge is 0.163 e. The summed E-state index contributed by atoms with van der Waals surface area (Å²) >= 11 is 0. The van der Waals surface area contributed by atoms with Crippen LogP contribution in [0.5, 0.6) is 0 Å². The number of ketones is 3. The third-order valence-electron chi connectivity index (χ3n) is 23.3. The second kappa shape index (κ2) is 40.0. The van der Waals surface area contributed by atoms with E-state index in [1.165, 1.54) is 55.6 Å². The molecule has 16 aromatic carbocycles. The van der Waals surface area contributed by atoms with Crippen molar-refractivity contribution in [3.05, 3.63) is 444 Å². The molecule has 125 heavy (non-hydrogen) atoms. The van der Waals surface area contributed by atoms with E-state index in [1.807, 2.05) is 87.5 Å². The number of anilines is 9. The van der Waals surface area contributed by atoms with Crippen molar-refractivity contribution in [3.8, 4) is 66.8 Å². The number of methoxy groups -OCH3 is 3. The average Bonchev–Trinajstić information content (AvgIpc) is 0.749. The lowest BCUT2D eigenvalue weighted by Gasteiger charge is -2.32. The van der Waals surface area contributed by atoms with Crippen molar-refractivity contribution in [3.63, 3.8) is 0 Å². The summed E-state index contributed by atoms with van der Waals surface area (Å²) in [6.45, 7) is 18.8. The van der Waals surface area contributed by atoms with Crippen LogP contribution >= 0.6 is 0 Å². The standard InChI is InChI=1S/C40H33NO2.C40H39NO2.C36H31NO2/c1-28(42)40(29(2)43-3)38-26-27-39(37-17-11-10-16-36(37)38)41(34-22-18-32(19-23-34)30-12-6-4-7-13-30)35-24-20-33(21-25-35)31-14-8-5-9-15-31;1-26-28(3)40(29(4)27(2)38(26)39(30(5)42)31(6)43-7)41(36-22-18-34(19-23-36)32-14-10-8-11-15-32)37-24-20-35(21-25-37)33-16-12-9-13-17-33;1-26(38)36(27(2)39-3)32-18-24-35(25-19-32)37(33-20-14-30(15-21-33)28-10-6-4-7-11-28)34-22-16-31(17-23-34)29-12-8-5-9-13-29/h4-27H,1-3H3;8-25H,1-7H3;4-25H,1-3H3/b40-29+;39-31+;36-27+. The zero-order valence-corrected chi connectivity index (χ0v) is 73.2. The van der Waals surface area contributed by atoms with E-state index in [9.17, 15) is 14.4 Å². The van der Waals surface area contributed by atoms with E-state index < -0.39 is 0 Å². The number of ether oxygens (including phenoxy) is 3. The van der Waals surface area contributed by atoms with Gasteiger partial charge >= 0.3 is 0 Å². The predicted molar refractivity (Wildman–Crippen MR) is 523 cm³/mol. The summed E-state index contributed by atoms with van der Waals surface area (Å²) in [6.07, 6.45) is 0. The molecule has 0 aromatic heterocycles. The summed E-state index contributed by atoms with van der Waals surface area (Å²) in [6, 6.07) is 135. The second-order valence-corrected chi connectivity index (χ2v) is 31.0. The number of nitrogens with zero attached hydrogens (tertiary/aromatic N) is 3. The number of benzene rings is 16. The van der Waals surface area contributed by atoms with E-state index in [4.69, 9.17) is 14.2 Å². The number of allylic oxidation sites excluding steroid dienone is 6. The minimum atomic E-state index is -0.0258. The zero-order chi connectivity index (χ0) is 87.6. The summed E-state index contributed by atoms with van der Waals surface area (Å²) in [4.78, 5) is 44.9. The molecule has 0 saturated carbocycles. The molecule has 0 bridgehead atoms. The molecule has 0 saturated heterocycles. The highest BCUT2D eigenvalue weighted by molar-refractivity contribution is 6.24. The first-order valence-electron chi connectivity index (χ1n) is 42.2. The molecule has 16 aromatic rings. The molecule has 9 heteroatoms. The Kier molecular flexibility index (Phi) is 27.6. The van der Waals surface area contributed by atoms with E-state index in [0.717, 1.165) is 112 Å². The molecule has 0 aliphatic rings. The molecule has 16 rings (SSSR count). The molecular weight excluding hydrogens is 1530 g/mol. The van der Waals surface area contributed by atoms with Gasteiger partial charge in [-0.1, -0.05) is 297 Å². The number of Topliss-reactive ketones (excluding diaryl/α,β-unsaturated/α-hetero) is 3. The molecule has 0 atom stereocenters. The van der Waals surface area contributed by atoms with Gasteiger partial charge in [-0.05, 0) is 271 Å². The van der Waals surface area contributed by atoms with E-state index in [2.05, 4.69) is 364 Å². The maximum atomic E-state index is 12.9. The molecule has 0 spiro atoms. The Labute approximate surface area is 736 Å². The van der Waals surface area contributed by atoms with Crippen LogP contribution in [0.4, 0.5) is 51.2 Å². The van der Waals surface area contributed by atoms with Crippen LogP contribution in [0.3, 0.4) is 0 Å². The van der Waals surface area contributed by atoms with E-state index in [-0.39, 0.29) is 17.3 Å². The summed E-state index contributed by atoms with van der Waals surface area (Å²) < 4.78 is 16.5. The van der Waals surface area contributed by atoms with Gasteiger partial charge in [0.1, 0.15) is 17.3 Å². The number of fused-ring (bicyclic) bond motifs is 1. The highest BCUT2D eigenvalue weighted by Gasteiger charge is 2.28. The molecule has 0 radical (unpaired) electrons. The normalized spacial score (nSPS) is 11.6. The first-order chi connectivity index (χ1) is 60.8. The van der Waals surface area contributed by atoms with Crippen LogP contribution in [-0.2, 0) is 28.6 Å². The number of hydrogen-bond donors (Lipinski definition) is 0. The quantitative estimate of drug-likeness (QED) is 0.0433. The first kappa shape index (κ1) is 86.2. The Morgan fingerprint density at radius 1 is 0.216 bits per heavy atom. The Morgan fingerprint density at radius 3 is 0.728 bits per heavy atom. The van der Waals surface area contributed by atoms with Gasteiger partial charge in [-0.25, -0.2) is 0 Å². The Balaban J connectivity index is 0.000000153. The van der Waals surface area contributed by atoms with Gasteiger partial charge in [0.25, 0.3) is 0 Å². The number of rotatable bonds is 24. The van der Waals surface area contributed by atoms with Gasteiger partial charge in [0, 0.05) is 45.2 Å². The first-order valence-corrected chi connectivity index (χ1v) is 42.2. The molecular formula is C116H103N3O6. The van der Waals surface area contributed by atoms with Crippen LogP contribution in [0, 0.1) is 27.7 Å². The third kappa shape index (κ3) is 19.4. The minimum absolute atomic E-state index is 0.00181. The SMILES string of the molecule is CO/C(C)=C(\C(C)=O)c1c(C)c(C)c(N(c2ccc(-c3ccccc3)cc2)c2ccc(-c3ccccc3)cc2)c(C)c1C.CO/C(C)=C(\C(C)=O)c1ccc(N(c2ccc(-c3ccccc3)cc2)c2ccc(-c3ccccc3)cc2)c2ccccc12.CO/C(C)=C(\C(C)=O)c1ccc(N(c2ccc(-c3ccccc3)cc2)c2ccc(-c3ccccc3)cc2)cc1. The molecule has 618 valence electrons. The van der Waals surface area contributed by atoms with E-state index in [0.29, 0.717) is 34.0 Å². The summed E-state index contributed by atoms with van der Waals surface area (Å²) in [5.74, 6) is 1.81. The molecule has 0 aliphatic carbocycles. The molecule has 0 fully saturated rings. The fourth-order valence-corrected chi connectivity index (χ4v) is 16.5. The van der Waals surface area contributed by atoms with Crippen molar-refractivity contribution in [2.24, 2.45) is 0 Å². The molecule has 0 amide bonds. The van der Waals surface area contributed by atoms with E-state index >= 15 is 0 Å². The van der Waals surface area contributed by atoms with Crippen molar-refractivity contribution < 1.29 is 28.6 Å². The Morgan fingerprint density at radius 2 is 0.448 bits per heavy atom. The van der Waals surface area contributed by atoms with Gasteiger partial charge in [0.15, 0.2) is 17.3 Å². The Hall–Kier alpha value is -15.2. The van der Waals surface area contributed by atoms with Crippen molar-refractivity contribution in [1.82, 2.24) is 0 Å². The fraction of sp³-hybridized carbons (Fsp3) is 0.112. The maximum absolute atomic E-state index is 12.9. The van der Waals surface area contributed by atoms with Gasteiger partial charge in [0.05, 0.1) is 49.4 Å². The molecule has 0 unspecified atom stereocenters. The lowest BCUT2D eigenvalue weighted by molar-refractivity contribution is -0.112. The van der Waals surface area contributed by atoms with Crippen LogP contribution in [0.1, 0.15) is 80.5 Å². The fourth-order valence-electron chi connectivity index (χ4n) is 16.5. The highest BCUT2D eigenvalue weighted by atomic mass is 16.5. The predicted octanol–water partition coefficient (Wildman–Crippen LogP) is 30.8. The molecule has 0 heterocycles. The van der Waals surface area contributed by atoms with Crippen LogP contribution in [0.15, 0.2) is 406 Å². The molecule has 0 N–H and O–H groups in total. The maximum Gasteiger partial charge on any atom is 0.163 e. The van der Waals surface area contributed by atoms with Crippen molar-refractivity contribution in [1.29, 1.82) is 0 Å².